The van der Waals surface area contributed by atoms with Crippen LogP contribution < -0.4 is 10.6 Å². The molecule has 5 nitrogen and oxygen atoms in total. The van der Waals surface area contributed by atoms with Crippen LogP contribution in [0.5, 0.6) is 0 Å². The van der Waals surface area contributed by atoms with Crippen molar-refractivity contribution >= 4 is 15.9 Å². The van der Waals surface area contributed by atoms with Gasteiger partial charge in [-0.15, -0.1) is 0 Å². The van der Waals surface area contributed by atoms with Crippen LogP contribution in [0, 0.1) is 11.8 Å². The minimum Gasteiger partial charge on any atom is -0.338 e. The van der Waals surface area contributed by atoms with Gasteiger partial charge in [0.05, 0.1) is 5.75 Å². The van der Waals surface area contributed by atoms with Crippen molar-refractivity contribution in [3.05, 3.63) is 0 Å². The zero-order chi connectivity index (χ0) is 16.7. The Kier molecular flexibility index (Phi) is 7.18. The van der Waals surface area contributed by atoms with Crippen LogP contribution in [0.1, 0.15) is 64.2 Å². The van der Waals surface area contributed by atoms with Crippen LogP contribution in [0.25, 0.3) is 0 Å². The summed E-state index contributed by atoms with van der Waals surface area (Å²) in [7, 11) is -2.89. The summed E-state index contributed by atoms with van der Waals surface area (Å²) in [4.78, 5) is 11.9. The Hall–Kier alpha value is -0.780. The highest BCUT2D eigenvalue weighted by Crippen LogP contribution is 2.26. The van der Waals surface area contributed by atoms with Crippen LogP contribution in [0.15, 0.2) is 0 Å². The number of carbonyl (C=O) groups is 1. The number of sulfone groups is 1. The van der Waals surface area contributed by atoms with E-state index in [0.717, 1.165) is 44.6 Å². The van der Waals surface area contributed by atoms with E-state index in [9.17, 15) is 13.2 Å². The van der Waals surface area contributed by atoms with Crippen molar-refractivity contribution in [2.75, 3.05) is 18.6 Å². The van der Waals surface area contributed by atoms with Crippen LogP contribution in [-0.4, -0.2) is 39.0 Å². The van der Waals surface area contributed by atoms with Crippen LogP contribution in [-0.2, 0) is 9.84 Å². The van der Waals surface area contributed by atoms with E-state index in [1.165, 1.54) is 38.4 Å². The van der Waals surface area contributed by atoms with Crippen LogP contribution in [0.2, 0.25) is 0 Å². The molecule has 2 amide bonds. The molecular formula is C17H32N2O3S. The lowest BCUT2D eigenvalue weighted by atomic mass is 9.87. The molecule has 23 heavy (non-hydrogen) atoms. The van der Waals surface area contributed by atoms with Gasteiger partial charge < -0.3 is 10.6 Å². The molecule has 0 aromatic rings. The molecule has 2 fully saturated rings. The molecule has 0 heterocycles. The molecule has 2 N–H and O–H groups in total. The lowest BCUT2D eigenvalue weighted by Gasteiger charge is -2.28. The minimum atomic E-state index is -2.89. The average molecular weight is 345 g/mol. The number of carbonyl (C=O) groups excluding carboxylic acids is 1. The first-order chi connectivity index (χ1) is 10.9. The van der Waals surface area contributed by atoms with E-state index in [4.69, 9.17) is 0 Å². The molecule has 0 unspecified atom stereocenters. The van der Waals surface area contributed by atoms with E-state index in [0.29, 0.717) is 0 Å². The first-order valence-corrected chi connectivity index (χ1v) is 11.2. The zero-order valence-corrected chi connectivity index (χ0v) is 15.2. The fourth-order valence-corrected chi connectivity index (χ4v) is 5.19. The maximum Gasteiger partial charge on any atom is 0.315 e. The number of hydrogen-bond donors (Lipinski definition) is 2. The van der Waals surface area contributed by atoms with Gasteiger partial charge in [-0.2, -0.15) is 0 Å². The Morgan fingerprint density at radius 1 is 0.957 bits per heavy atom. The molecule has 0 spiro atoms. The van der Waals surface area contributed by atoms with E-state index < -0.39 is 9.84 Å². The van der Waals surface area contributed by atoms with Crippen LogP contribution in [0.3, 0.4) is 0 Å². The molecule has 2 aliphatic carbocycles. The summed E-state index contributed by atoms with van der Waals surface area (Å²) in [5.74, 6) is 1.33. The second kappa shape index (κ2) is 8.90. The standard InChI is InChI=1S/C17H32N2O3S/c1-23(21,22)13-15-7-9-16(10-8-15)19-17(20)18-12-11-14-5-3-2-4-6-14/h14-16H,2-13H2,1H3,(H2,18,19,20). The Labute approximate surface area is 140 Å². The van der Waals surface area contributed by atoms with E-state index in [2.05, 4.69) is 10.6 Å². The van der Waals surface area contributed by atoms with Crippen molar-refractivity contribution in [3.63, 3.8) is 0 Å². The lowest BCUT2D eigenvalue weighted by molar-refractivity contribution is 0.227. The quantitative estimate of drug-likeness (QED) is 0.778. The number of rotatable bonds is 6. The van der Waals surface area contributed by atoms with Crippen molar-refractivity contribution in [3.8, 4) is 0 Å². The Morgan fingerprint density at radius 2 is 1.61 bits per heavy atom. The van der Waals surface area contributed by atoms with Gasteiger partial charge in [0.1, 0.15) is 9.84 Å². The summed E-state index contributed by atoms with van der Waals surface area (Å²) in [5.41, 5.74) is 0. The summed E-state index contributed by atoms with van der Waals surface area (Å²) in [6, 6.07) is 0.132. The maximum atomic E-state index is 11.9. The minimum absolute atomic E-state index is 0.0626. The molecule has 6 heteroatoms. The average Bonchev–Trinajstić information content (AvgIpc) is 2.49. The van der Waals surface area contributed by atoms with E-state index in [-0.39, 0.29) is 23.7 Å². The Bertz CT molecular complexity index is 464. The van der Waals surface area contributed by atoms with Gasteiger partial charge in [-0.3, -0.25) is 0 Å². The van der Waals surface area contributed by atoms with Gasteiger partial charge >= 0.3 is 6.03 Å². The molecule has 0 aliphatic heterocycles. The number of amides is 2. The molecule has 2 aliphatic rings. The second-order valence-electron chi connectivity index (χ2n) is 7.50. The summed E-state index contributed by atoms with van der Waals surface area (Å²) in [6.07, 6.45) is 12.6. The molecule has 0 aromatic heterocycles. The summed E-state index contributed by atoms with van der Waals surface area (Å²) < 4.78 is 22.7. The topological polar surface area (TPSA) is 75.3 Å². The van der Waals surface area contributed by atoms with Gasteiger partial charge in [0.25, 0.3) is 0 Å². The highest BCUT2D eigenvalue weighted by atomic mass is 32.2. The third kappa shape index (κ3) is 7.55. The largest absolute Gasteiger partial charge is 0.338 e. The smallest absolute Gasteiger partial charge is 0.315 e. The van der Waals surface area contributed by atoms with E-state index >= 15 is 0 Å². The number of urea groups is 1. The lowest BCUT2D eigenvalue weighted by Crippen LogP contribution is -2.44. The van der Waals surface area contributed by atoms with Crippen molar-refractivity contribution in [1.82, 2.24) is 10.6 Å². The van der Waals surface area contributed by atoms with Gasteiger partial charge in [0.2, 0.25) is 0 Å². The highest BCUT2D eigenvalue weighted by Gasteiger charge is 2.24. The molecule has 0 aromatic carbocycles. The van der Waals surface area contributed by atoms with Crippen molar-refractivity contribution in [2.24, 2.45) is 11.8 Å². The first-order valence-electron chi connectivity index (χ1n) is 9.14. The van der Waals surface area contributed by atoms with E-state index in [1.807, 2.05) is 0 Å². The first kappa shape index (κ1) is 18.6. The summed E-state index contributed by atoms with van der Waals surface area (Å²) in [6.45, 7) is 0.764. The molecule has 2 saturated carbocycles. The van der Waals surface area contributed by atoms with E-state index in [1.54, 1.807) is 0 Å². The second-order valence-corrected chi connectivity index (χ2v) is 9.69. The van der Waals surface area contributed by atoms with Gasteiger partial charge in [-0.05, 0) is 43.9 Å². The van der Waals surface area contributed by atoms with Gasteiger partial charge in [0, 0.05) is 18.8 Å². The highest BCUT2D eigenvalue weighted by molar-refractivity contribution is 7.90. The van der Waals surface area contributed by atoms with Crippen LogP contribution in [0.4, 0.5) is 4.79 Å². The SMILES string of the molecule is CS(=O)(=O)CC1CCC(NC(=O)NCCC2CCCCC2)CC1. The molecule has 2 rings (SSSR count). The summed E-state index contributed by atoms with van der Waals surface area (Å²) in [5, 5.41) is 6.02. The van der Waals surface area contributed by atoms with Crippen molar-refractivity contribution in [1.29, 1.82) is 0 Å². The Morgan fingerprint density at radius 3 is 2.22 bits per heavy atom. The maximum absolute atomic E-state index is 11.9. The van der Waals surface area contributed by atoms with Crippen molar-refractivity contribution < 1.29 is 13.2 Å². The molecule has 134 valence electrons. The van der Waals surface area contributed by atoms with Crippen molar-refractivity contribution in [2.45, 2.75) is 70.3 Å². The fraction of sp³-hybridized carbons (Fsp3) is 0.941. The zero-order valence-electron chi connectivity index (χ0n) is 14.4. The number of nitrogens with one attached hydrogen (secondary N) is 2. The molecule has 0 atom stereocenters. The van der Waals surface area contributed by atoms with Gasteiger partial charge in [-0.25, -0.2) is 13.2 Å². The predicted molar refractivity (Wildman–Crippen MR) is 93.2 cm³/mol. The normalized spacial score (nSPS) is 26.7. The molecule has 0 radical (unpaired) electrons. The third-order valence-electron chi connectivity index (χ3n) is 5.28. The summed E-state index contributed by atoms with van der Waals surface area (Å²) >= 11 is 0. The van der Waals surface area contributed by atoms with Gasteiger partial charge in [-0.1, -0.05) is 32.1 Å². The Balaban J connectivity index is 1.57. The molecule has 0 saturated heterocycles. The monoisotopic (exact) mass is 344 g/mol. The molecule has 0 bridgehead atoms. The van der Waals surface area contributed by atoms with Crippen LogP contribution >= 0.6 is 0 Å². The fourth-order valence-electron chi connectivity index (χ4n) is 4.00. The number of hydrogen-bond acceptors (Lipinski definition) is 3. The third-order valence-corrected chi connectivity index (χ3v) is 6.36. The molecular weight excluding hydrogens is 312 g/mol. The predicted octanol–water partition coefficient (Wildman–Crippen LogP) is 2.86. The van der Waals surface area contributed by atoms with Gasteiger partial charge in [0.15, 0.2) is 0 Å².